The average molecular weight is 202 g/mol. The molecule has 0 aromatic carbocycles. The van der Waals surface area contributed by atoms with Crippen LogP contribution in [-0.4, -0.2) is 41.1 Å². The second-order valence-electron chi connectivity index (χ2n) is 3.85. The van der Waals surface area contributed by atoms with Crippen LogP contribution in [0.15, 0.2) is 11.8 Å². The van der Waals surface area contributed by atoms with Crippen molar-refractivity contribution in [1.29, 1.82) is 0 Å². The lowest BCUT2D eigenvalue weighted by Crippen LogP contribution is -2.24. The summed E-state index contributed by atoms with van der Waals surface area (Å²) in [7, 11) is 0. The van der Waals surface area contributed by atoms with E-state index in [2.05, 4.69) is 0 Å². The molecule has 2 heterocycles. The first-order valence-electron chi connectivity index (χ1n) is 4.55. The molecule has 0 aromatic rings. The second-order valence-corrected chi connectivity index (χ2v) is 3.85. The standard InChI is InChI=1S/C9H14O5/c1-9(2)13-7-3-6(5(11)4-10)12-8(7)14-9/h3,5,7-8,10-11H,4H2,1-2H3. The highest BCUT2D eigenvalue weighted by molar-refractivity contribution is 5.12. The number of hydrogen-bond acceptors (Lipinski definition) is 5. The quantitative estimate of drug-likeness (QED) is 0.645. The minimum atomic E-state index is -0.990. The first-order valence-corrected chi connectivity index (χ1v) is 4.55. The van der Waals surface area contributed by atoms with E-state index in [-0.39, 0.29) is 12.7 Å². The van der Waals surface area contributed by atoms with E-state index in [4.69, 9.17) is 19.3 Å². The molecule has 1 saturated heterocycles. The third-order valence-electron chi connectivity index (χ3n) is 2.17. The summed E-state index contributed by atoms with van der Waals surface area (Å²) in [5, 5.41) is 18.0. The first-order chi connectivity index (χ1) is 6.52. The number of ether oxygens (including phenoxy) is 3. The molecule has 0 amide bonds. The van der Waals surface area contributed by atoms with Crippen LogP contribution in [0.1, 0.15) is 13.8 Å². The van der Waals surface area contributed by atoms with Gasteiger partial charge in [-0.3, -0.25) is 0 Å². The summed E-state index contributed by atoms with van der Waals surface area (Å²) < 4.78 is 16.2. The Hall–Kier alpha value is -0.620. The maximum absolute atomic E-state index is 9.29. The van der Waals surface area contributed by atoms with Gasteiger partial charge in [-0.2, -0.15) is 0 Å². The molecule has 2 aliphatic heterocycles. The zero-order valence-electron chi connectivity index (χ0n) is 8.14. The van der Waals surface area contributed by atoms with Crippen molar-refractivity contribution in [2.45, 2.75) is 38.1 Å². The zero-order valence-corrected chi connectivity index (χ0v) is 8.14. The van der Waals surface area contributed by atoms with Gasteiger partial charge in [0.05, 0.1) is 6.61 Å². The van der Waals surface area contributed by atoms with E-state index in [0.29, 0.717) is 5.76 Å². The first kappa shape index (κ1) is 9.92. The Balaban J connectivity index is 2.04. The van der Waals surface area contributed by atoms with Crippen molar-refractivity contribution in [3.63, 3.8) is 0 Å². The molecule has 0 bridgehead atoms. The van der Waals surface area contributed by atoms with Crippen LogP contribution in [-0.2, 0) is 14.2 Å². The Morgan fingerprint density at radius 2 is 2.21 bits per heavy atom. The Kier molecular flexibility index (Phi) is 2.27. The fraction of sp³-hybridized carbons (Fsp3) is 0.778. The Morgan fingerprint density at radius 3 is 2.79 bits per heavy atom. The van der Waals surface area contributed by atoms with E-state index >= 15 is 0 Å². The van der Waals surface area contributed by atoms with Crippen molar-refractivity contribution >= 4 is 0 Å². The molecule has 3 atom stereocenters. The van der Waals surface area contributed by atoms with Gasteiger partial charge in [0.15, 0.2) is 5.79 Å². The molecule has 0 saturated carbocycles. The number of fused-ring (bicyclic) bond motifs is 1. The summed E-state index contributed by atoms with van der Waals surface area (Å²) in [6, 6.07) is 0. The number of aliphatic hydroxyl groups is 2. The Labute approximate surface area is 81.9 Å². The number of rotatable bonds is 2. The van der Waals surface area contributed by atoms with Gasteiger partial charge in [0, 0.05) is 0 Å². The monoisotopic (exact) mass is 202 g/mol. The molecule has 80 valence electrons. The Bertz CT molecular complexity index is 260. The normalized spacial score (nSPS) is 36.1. The van der Waals surface area contributed by atoms with E-state index in [1.54, 1.807) is 19.9 Å². The molecule has 2 aliphatic rings. The lowest BCUT2D eigenvalue weighted by molar-refractivity contribution is -0.185. The van der Waals surface area contributed by atoms with Crippen molar-refractivity contribution in [1.82, 2.24) is 0 Å². The molecule has 3 unspecified atom stereocenters. The molecular weight excluding hydrogens is 188 g/mol. The van der Waals surface area contributed by atoms with Crippen molar-refractivity contribution in [3.8, 4) is 0 Å². The lowest BCUT2D eigenvalue weighted by atomic mass is 10.2. The van der Waals surface area contributed by atoms with Crippen LogP contribution in [0.25, 0.3) is 0 Å². The van der Waals surface area contributed by atoms with E-state index in [1.807, 2.05) is 0 Å². The minimum absolute atomic E-state index is 0.291. The molecule has 2 rings (SSSR count). The van der Waals surface area contributed by atoms with Gasteiger partial charge in [0.25, 0.3) is 0 Å². The van der Waals surface area contributed by atoms with Crippen molar-refractivity contribution in [2.24, 2.45) is 0 Å². The van der Waals surface area contributed by atoms with Gasteiger partial charge in [-0.1, -0.05) is 0 Å². The van der Waals surface area contributed by atoms with Crippen LogP contribution < -0.4 is 0 Å². The van der Waals surface area contributed by atoms with Crippen molar-refractivity contribution < 1.29 is 24.4 Å². The smallest absolute Gasteiger partial charge is 0.232 e. The summed E-state index contributed by atoms with van der Waals surface area (Å²) in [6.07, 6.45) is -0.140. The predicted molar refractivity (Wildman–Crippen MR) is 46.1 cm³/mol. The SMILES string of the molecule is CC1(C)OC2C=C(C(O)CO)OC2O1. The fourth-order valence-corrected chi connectivity index (χ4v) is 1.58. The van der Waals surface area contributed by atoms with Gasteiger partial charge in [0.1, 0.15) is 18.0 Å². The third kappa shape index (κ3) is 1.64. The predicted octanol–water partition coefficient (Wildman–Crippen LogP) is -0.269. The molecule has 5 heteroatoms. The van der Waals surface area contributed by atoms with Gasteiger partial charge >= 0.3 is 0 Å². The van der Waals surface area contributed by atoms with E-state index in [9.17, 15) is 5.11 Å². The summed E-state index contributed by atoms with van der Waals surface area (Å²) in [6.45, 7) is 3.23. The van der Waals surface area contributed by atoms with Crippen molar-refractivity contribution in [2.75, 3.05) is 6.61 Å². The highest BCUT2D eigenvalue weighted by Gasteiger charge is 2.46. The summed E-state index contributed by atoms with van der Waals surface area (Å²) >= 11 is 0. The highest BCUT2D eigenvalue weighted by atomic mass is 16.8. The summed E-state index contributed by atoms with van der Waals surface area (Å²) in [5.41, 5.74) is 0. The topological polar surface area (TPSA) is 68.2 Å². The molecule has 14 heavy (non-hydrogen) atoms. The van der Waals surface area contributed by atoms with Gasteiger partial charge in [-0.05, 0) is 19.9 Å². The lowest BCUT2D eigenvalue weighted by Gasteiger charge is -2.19. The minimum Gasteiger partial charge on any atom is -0.463 e. The van der Waals surface area contributed by atoms with Crippen LogP contribution in [0.2, 0.25) is 0 Å². The van der Waals surface area contributed by atoms with Crippen molar-refractivity contribution in [3.05, 3.63) is 11.8 Å². The highest BCUT2D eigenvalue weighted by Crippen LogP contribution is 2.35. The molecular formula is C9H14O5. The maximum Gasteiger partial charge on any atom is 0.232 e. The maximum atomic E-state index is 9.29. The Morgan fingerprint density at radius 1 is 1.50 bits per heavy atom. The molecule has 5 nitrogen and oxygen atoms in total. The van der Waals surface area contributed by atoms with Crippen LogP contribution in [0.3, 0.4) is 0 Å². The van der Waals surface area contributed by atoms with Gasteiger partial charge < -0.3 is 24.4 Å². The summed E-state index contributed by atoms with van der Waals surface area (Å²) in [4.78, 5) is 0. The average Bonchev–Trinajstić information content (AvgIpc) is 2.56. The second kappa shape index (κ2) is 3.20. The number of aliphatic hydroxyl groups excluding tert-OH is 2. The molecule has 2 N–H and O–H groups in total. The van der Waals surface area contributed by atoms with E-state index in [1.165, 1.54) is 0 Å². The molecule has 1 fully saturated rings. The molecule has 0 aromatic heterocycles. The molecule has 0 aliphatic carbocycles. The van der Waals surface area contributed by atoms with Crippen LogP contribution in [0.4, 0.5) is 0 Å². The molecule has 0 radical (unpaired) electrons. The van der Waals surface area contributed by atoms with Crippen LogP contribution >= 0.6 is 0 Å². The van der Waals surface area contributed by atoms with Gasteiger partial charge in [0.2, 0.25) is 6.29 Å². The summed E-state index contributed by atoms with van der Waals surface area (Å²) in [5.74, 6) is -0.334. The third-order valence-corrected chi connectivity index (χ3v) is 2.17. The van der Waals surface area contributed by atoms with Crippen LogP contribution in [0.5, 0.6) is 0 Å². The zero-order chi connectivity index (χ0) is 10.3. The fourth-order valence-electron chi connectivity index (χ4n) is 1.58. The van der Waals surface area contributed by atoms with Gasteiger partial charge in [-0.15, -0.1) is 0 Å². The molecule has 0 spiro atoms. The largest absolute Gasteiger partial charge is 0.463 e. The van der Waals surface area contributed by atoms with Crippen LogP contribution in [0, 0.1) is 0 Å². The van der Waals surface area contributed by atoms with Gasteiger partial charge in [-0.25, -0.2) is 0 Å². The number of hydrogen-bond donors (Lipinski definition) is 2. The van der Waals surface area contributed by atoms with E-state index < -0.39 is 18.2 Å². The van der Waals surface area contributed by atoms with E-state index in [0.717, 1.165) is 0 Å².